The van der Waals surface area contributed by atoms with E-state index in [1.807, 2.05) is 12.1 Å². The van der Waals surface area contributed by atoms with E-state index in [0.29, 0.717) is 0 Å². The Bertz CT molecular complexity index is 437. The number of hydrogen-bond donors (Lipinski definition) is 0. The molecule has 0 saturated carbocycles. The van der Waals surface area contributed by atoms with Gasteiger partial charge < -0.3 is 0 Å². The summed E-state index contributed by atoms with van der Waals surface area (Å²) >= 11 is 0. The third-order valence-corrected chi connectivity index (χ3v) is 1.84. The second-order valence-electron chi connectivity index (χ2n) is 3.51. The van der Waals surface area contributed by atoms with Crippen LogP contribution in [0.2, 0.25) is 0 Å². The molecule has 4 aromatic heterocycles. The lowest BCUT2D eigenvalue weighted by molar-refractivity contribution is 0.969. The van der Waals surface area contributed by atoms with Crippen molar-refractivity contribution in [2.45, 2.75) is 0 Å². The van der Waals surface area contributed by atoms with Crippen LogP contribution < -0.4 is 0 Å². The lowest BCUT2D eigenvalue weighted by atomic mass is 10.6. The SMILES string of the molecule is c1ccnnc1.c1cnccn1.c1cncnc1.c1cnncn1. The Morgan fingerprint density at radius 2 is 0.792 bits per heavy atom. The molecule has 0 spiro atoms. The zero-order valence-corrected chi connectivity index (χ0v) is 12.7. The molecule has 0 aliphatic heterocycles. The van der Waals surface area contributed by atoms with E-state index in [4.69, 9.17) is 0 Å². The van der Waals surface area contributed by atoms with Gasteiger partial charge in [-0.05, 0) is 18.2 Å². The standard InChI is InChI=1S/3C4H4N2.C3H3N3/c1-2-6-4-3-5-1;1-2-5-4-6-3-1;1-2-4-6-5-3-1;1-2-5-6-3-4-1/h3*1-4H;1-3H. The number of nitrogens with zero attached hydrogens (tertiary/aromatic N) is 9. The zero-order chi connectivity index (χ0) is 17.0. The Balaban J connectivity index is 0.000000160. The highest BCUT2D eigenvalue weighted by Gasteiger charge is 1.61. The molecule has 24 heavy (non-hydrogen) atoms. The number of hydrogen-bond acceptors (Lipinski definition) is 9. The van der Waals surface area contributed by atoms with Crippen LogP contribution in [0.4, 0.5) is 0 Å². The zero-order valence-electron chi connectivity index (χ0n) is 12.7. The van der Waals surface area contributed by atoms with E-state index in [-0.39, 0.29) is 0 Å². The fourth-order valence-corrected chi connectivity index (χ4v) is 0.965. The largest absolute Gasteiger partial charge is 0.262 e. The Kier molecular flexibility index (Phi) is 11.9. The van der Waals surface area contributed by atoms with E-state index in [9.17, 15) is 0 Å². The van der Waals surface area contributed by atoms with Crippen LogP contribution in [0, 0.1) is 0 Å². The molecule has 0 fully saturated rings. The minimum absolute atomic E-state index is 1.39. The van der Waals surface area contributed by atoms with E-state index >= 15 is 0 Å². The molecule has 0 amide bonds. The molecular weight excluding hydrogens is 306 g/mol. The fraction of sp³-hybridized carbons (Fsp3) is 0. The van der Waals surface area contributed by atoms with Gasteiger partial charge in [0.05, 0.1) is 6.20 Å². The van der Waals surface area contributed by atoms with Gasteiger partial charge in [0.15, 0.2) is 0 Å². The third kappa shape index (κ3) is 13.2. The van der Waals surface area contributed by atoms with Gasteiger partial charge in [-0.3, -0.25) is 9.97 Å². The molecule has 4 rings (SSSR count). The first-order chi connectivity index (χ1) is 12.0. The van der Waals surface area contributed by atoms with E-state index < -0.39 is 0 Å². The van der Waals surface area contributed by atoms with Crippen LogP contribution in [-0.4, -0.2) is 45.3 Å². The van der Waals surface area contributed by atoms with Crippen molar-refractivity contribution in [2.75, 3.05) is 0 Å². The summed E-state index contributed by atoms with van der Waals surface area (Å²) in [6.45, 7) is 0. The van der Waals surface area contributed by atoms with Gasteiger partial charge in [0.1, 0.15) is 12.7 Å². The molecule has 0 unspecified atom stereocenters. The predicted octanol–water partition coefficient (Wildman–Crippen LogP) is 1.30. The summed E-state index contributed by atoms with van der Waals surface area (Å²) in [7, 11) is 0. The van der Waals surface area contributed by atoms with Gasteiger partial charge in [0.25, 0.3) is 0 Å². The van der Waals surface area contributed by atoms with Gasteiger partial charge in [0.2, 0.25) is 0 Å². The van der Waals surface area contributed by atoms with Gasteiger partial charge in [-0.2, -0.15) is 15.3 Å². The van der Waals surface area contributed by atoms with Gasteiger partial charge in [-0.1, -0.05) is 0 Å². The molecule has 0 radical (unpaired) electrons. The number of aromatic nitrogens is 9. The second-order valence-corrected chi connectivity index (χ2v) is 3.51. The first-order valence-corrected chi connectivity index (χ1v) is 6.68. The normalized spacial score (nSPS) is 8.00. The monoisotopic (exact) mass is 321 g/mol. The van der Waals surface area contributed by atoms with Crippen LogP contribution in [-0.2, 0) is 0 Å². The maximum Gasteiger partial charge on any atom is 0.138 e. The minimum atomic E-state index is 1.39. The lowest BCUT2D eigenvalue weighted by Gasteiger charge is -1.70. The summed E-state index contributed by atoms with van der Waals surface area (Å²) < 4.78 is 0. The molecule has 4 heterocycles. The van der Waals surface area contributed by atoms with Crippen molar-refractivity contribution in [3.8, 4) is 0 Å². The Labute approximate surface area is 139 Å². The molecule has 0 aliphatic rings. The summed E-state index contributed by atoms with van der Waals surface area (Å²) in [5.74, 6) is 0. The topological polar surface area (TPSA) is 116 Å². The summed E-state index contributed by atoms with van der Waals surface area (Å²) in [6, 6.07) is 5.43. The van der Waals surface area contributed by atoms with Crippen molar-refractivity contribution in [3.05, 3.63) is 92.8 Å². The van der Waals surface area contributed by atoms with Crippen molar-refractivity contribution < 1.29 is 0 Å². The van der Waals surface area contributed by atoms with Crippen molar-refractivity contribution in [1.82, 2.24) is 45.3 Å². The fourth-order valence-electron chi connectivity index (χ4n) is 0.965. The average Bonchev–Trinajstić information content (AvgIpc) is 2.75. The van der Waals surface area contributed by atoms with Crippen LogP contribution in [0.5, 0.6) is 0 Å². The first kappa shape index (κ1) is 18.3. The second kappa shape index (κ2) is 15.6. The van der Waals surface area contributed by atoms with Crippen molar-refractivity contribution in [2.24, 2.45) is 0 Å². The molecular formula is C15H15N9. The van der Waals surface area contributed by atoms with Gasteiger partial charge in [-0.25, -0.2) is 15.0 Å². The van der Waals surface area contributed by atoms with Gasteiger partial charge in [0, 0.05) is 55.8 Å². The molecule has 0 N–H and O–H groups in total. The maximum atomic E-state index is 3.72. The smallest absolute Gasteiger partial charge is 0.138 e. The van der Waals surface area contributed by atoms with E-state index in [1.165, 1.54) is 18.9 Å². The van der Waals surface area contributed by atoms with E-state index in [0.717, 1.165) is 0 Å². The van der Waals surface area contributed by atoms with Crippen LogP contribution in [0.25, 0.3) is 0 Å². The Morgan fingerprint density at radius 3 is 0.958 bits per heavy atom. The number of rotatable bonds is 0. The molecule has 0 aromatic carbocycles. The van der Waals surface area contributed by atoms with Gasteiger partial charge in [-0.15, -0.1) is 5.10 Å². The van der Waals surface area contributed by atoms with Crippen LogP contribution in [0.3, 0.4) is 0 Å². The third-order valence-electron chi connectivity index (χ3n) is 1.84. The van der Waals surface area contributed by atoms with Crippen molar-refractivity contribution in [3.63, 3.8) is 0 Å². The lowest BCUT2D eigenvalue weighted by Crippen LogP contribution is -1.75. The minimum Gasteiger partial charge on any atom is -0.262 e. The molecule has 0 bridgehead atoms. The van der Waals surface area contributed by atoms with E-state index in [1.54, 1.807) is 61.8 Å². The summed E-state index contributed by atoms with van der Waals surface area (Å²) in [5, 5.41) is 14.0. The van der Waals surface area contributed by atoms with Gasteiger partial charge >= 0.3 is 0 Å². The quantitative estimate of drug-likeness (QED) is 0.472. The molecule has 9 heteroatoms. The Morgan fingerprint density at radius 1 is 0.292 bits per heavy atom. The molecule has 0 atom stereocenters. The molecule has 0 aliphatic carbocycles. The Hall–Kier alpha value is -3.75. The van der Waals surface area contributed by atoms with Crippen LogP contribution in [0.15, 0.2) is 92.8 Å². The summed E-state index contributed by atoms with van der Waals surface area (Å²) in [4.78, 5) is 18.4. The van der Waals surface area contributed by atoms with Crippen molar-refractivity contribution in [1.29, 1.82) is 0 Å². The average molecular weight is 321 g/mol. The summed E-state index contributed by atoms with van der Waals surface area (Å²) in [5.41, 5.74) is 0. The van der Waals surface area contributed by atoms with E-state index in [2.05, 4.69) is 45.3 Å². The first-order valence-electron chi connectivity index (χ1n) is 6.68. The summed E-state index contributed by atoms with van der Waals surface area (Å²) in [6.07, 6.45) is 19.2. The molecule has 0 saturated heterocycles. The van der Waals surface area contributed by atoms with Crippen LogP contribution in [0.1, 0.15) is 0 Å². The highest BCUT2D eigenvalue weighted by Crippen LogP contribution is 1.68. The highest BCUT2D eigenvalue weighted by molar-refractivity contribution is 4.80. The van der Waals surface area contributed by atoms with Crippen molar-refractivity contribution >= 4 is 0 Å². The maximum absolute atomic E-state index is 3.72. The molecule has 120 valence electrons. The predicted molar refractivity (Wildman–Crippen MR) is 85.9 cm³/mol. The molecule has 4 aromatic rings. The highest BCUT2D eigenvalue weighted by atomic mass is 15.1. The van der Waals surface area contributed by atoms with Crippen LogP contribution >= 0.6 is 0 Å². The molecule has 9 nitrogen and oxygen atoms in total.